The molecule has 0 unspecified atom stereocenters. The van der Waals surface area contributed by atoms with Crippen LogP contribution in [0, 0.1) is 0 Å². The van der Waals surface area contributed by atoms with Crippen LogP contribution in [0.5, 0.6) is 0 Å². The summed E-state index contributed by atoms with van der Waals surface area (Å²) in [5.41, 5.74) is 7.97. The summed E-state index contributed by atoms with van der Waals surface area (Å²) in [6.45, 7) is 3.06. The first kappa shape index (κ1) is 15.1. The normalized spacial score (nSPS) is 12.1. The largest absolute Gasteiger partial charge is 0.347 e. The predicted octanol–water partition coefficient (Wildman–Crippen LogP) is 1.97. The third-order valence-corrected chi connectivity index (χ3v) is 5.36. The van der Waals surface area contributed by atoms with E-state index in [4.69, 9.17) is 5.73 Å². The van der Waals surface area contributed by atoms with Crippen molar-refractivity contribution in [1.29, 1.82) is 0 Å². The van der Waals surface area contributed by atoms with Gasteiger partial charge in [0.1, 0.15) is 9.84 Å². The fraction of sp³-hybridized carbons (Fsp3) is 0.467. The van der Waals surface area contributed by atoms with E-state index in [1.54, 1.807) is 6.92 Å². The monoisotopic (exact) mass is 294 g/mol. The summed E-state index contributed by atoms with van der Waals surface area (Å²) in [4.78, 5) is 0. The summed E-state index contributed by atoms with van der Waals surface area (Å²) < 4.78 is 25.1. The van der Waals surface area contributed by atoms with E-state index >= 15 is 0 Å². The number of nitrogens with zero attached hydrogens (tertiary/aromatic N) is 1. The first-order valence-corrected chi connectivity index (χ1v) is 8.86. The van der Waals surface area contributed by atoms with Crippen molar-refractivity contribution >= 4 is 20.7 Å². The van der Waals surface area contributed by atoms with Crippen molar-refractivity contribution in [3.05, 3.63) is 36.0 Å². The van der Waals surface area contributed by atoms with Gasteiger partial charge in [0.15, 0.2) is 0 Å². The average molecular weight is 294 g/mol. The molecule has 0 bridgehead atoms. The van der Waals surface area contributed by atoms with Crippen molar-refractivity contribution in [2.45, 2.75) is 26.3 Å². The number of aryl methyl sites for hydroxylation is 1. The second-order valence-electron chi connectivity index (χ2n) is 5.03. The smallest absolute Gasteiger partial charge is 0.150 e. The first-order chi connectivity index (χ1) is 9.55. The molecule has 0 aliphatic rings. The maximum absolute atomic E-state index is 11.5. The lowest BCUT2D eigenvalue weighted by molar-refractivity contribution is 0.589. The first-order valence-electron chi connectivity index (χ1n) is 7.04. The van der Waals surface area contributed by atoms with Crippen molar-refractivity contribution in [3.63, 3.8) is 0 Å². The van der Waals surface area contributed by atoms with E-state index in [0.717, 1.165) is 18.5 Å². The number of benzene rings is 1. The van der Waals surface area contributed by atoms with Crippen LogP contribution >= 0.6 is 0 Å². The molecule has 0 saturated carbocycles. The van der Waals surface area contributed by atoms with Crippen molar-refractivity contribution in [1.82, 2.24) is 4.57 Å². The maximum Gasteiger partial charge on any atom is 0.150 e. The Labute approximate surface area is 120 Å². The zero-order chi connectivity index (χ0) is 14.6. The quantitative estimate of drug-likeness (QED) is 0.849. The minimum absolute atomic E-state index is 0.222. The van der Waals surface area contributed by atoms with Gasteiger partial charge in [-0.05, 0) is 42.5 Å². The Morgan fingerprint density at radius 1 is 1.25 bits per heavy atom. The Bertz CT molecular complexity index is 674. The minimum atomic E-state index is -2.87. The molecular weight excluding hydrogens is 272 g/mol. The van der Waals surface area contributed by atoms with E-state index in [1.165, 1.54) is 10.9 Å². The third-order valence-electron chi connectivity index (χ3n) is 3.57. The van der Waals surface area contributed by atoms with Gasteiger partial charge in [-0.3, -0.25) is 0 Å². The van der Waals surface area contributed by atoms with E-state index < -0.39 is 9.84 Å². The van der Waals surface area contributed by atoms with Crippen LogP contribution in [-0.4, -0.2) is 31.0 Å². The number of hydrogen-bond acceptors (Lipinski definition) is 3. The third kappa shape index (κ3) is 3.61. The molecule has 4 nitrogen and oxygen atoms in total. The average Bonchev–Trinajstić information content (AvgIpc) is 2.82. The fourth-order valence-corrected chi connectivity index (χ4v) is 3.20. The van der Waals surface area contributed by atoms with Crippen LogP contribution in [0.25, 0.3) is 10.9 Å². The lowest BCUT2D eigenvalue weighted by Gasteiger charge is -2.07. The number of nitrogens with two attached hydrogens (primary N) is 1. The van der Waals surface area contributed by atoms with Crippen molar-refractivity contribution < 1.29 is 8.42 Å². The molecule has 0 radical (unpaired) electrons. The van der Waals surface area contributed by atoms with E-state index in [2.05, 4.69) is 28.8 Å². The number of aromatic nitrogens is 1. The van der Waals surface area contributed by atoms with E-state index in [0.29, 0.717) is 13.0 Å². The van der Waals surface area contributed by atoms with Gasteiger partial charge in [0.25, 0.3) is 0 Å². The molecule has 5 heteroatoms. The molecule has 0 saturated heterocycles. The van der Waals surface area contributed by atoms with Gasteiger partial charge in [0.05, 0.1) is 5.75 Å². The number of hydrogen-bond donors (Lipinski definition) is 1. The highest BCUT2D eigenvalue weighted by Crippen LogP contribution is 2.18. The summed E-state index contributed by atoms with van der Waals surface area (Å²) in [6, 6.07) is 8.41. The lowest BCUT2D eigenvalue weighted by Crippen LogP contribution is -2.11. The van der Waals surface area contributed by atoms with Gasteiger partial charge in [-0.1, -0.05) is 19.1 Å². The van der Waals surface area contributed by atoms with Crippen molar-refractivity contribution in [2.24, 2.45) is 5.73 Å². The highest BCUT2D eigenvalue weighted by molar-refractivity contribution is 7.91. The highest BCUT2D eigenvalue weighted by Gasteiger charge is 2.08. The number of fused-ring (bicyclic) bond motifs is 1. The zero-order valence-corrected chi connectivity index (χ0v) is 12.7. The van der Waals surface area contributed by atoms with Crippen LogP contribution in [0.2, 0.25) is 0 Å². The Morgan fingerprint density at radius 2 is 2.05 bits per heavy atom. The van der Waals surface area contributed by atoms with Crippen molar-refractivity contribution in [2.75, 3.05) is 18.1 Å². The summed E-state index contributed by atoms with van der Waals surface area (Å²) in [5.74, 6) is 0.478. The fourth-order valence-electron chi connectivity index (χ4n) is 2.35. The summed E-state index contributed by atoms with van der Waals surface area (Å²) in [6.07, 6.45) is 3.54. The topological polar surface area (TPSA) is 65.1 Å². The van der Waals surface area contributed by atoms with Crippen molar-refractivity contribution in [3.8, 4) is 0 Å². The van der Waals surface area contributed by atoms with Crippen LogP contribution < -0.4 is 5.73 Å². The summed E-state index contributed by atoms with van der Waals surface area (Å²) >= 11 is 0. The lowest BCUT2D eigenvalue weighted by atomic mass is 10.1. The van der Waals surface area contributed by atoms with Crippen LogP contribution in [0.15, 0.2) is 30.5 Å². The molecule has 0 atom stereocenters. The van der Waals surface area contributed by atoms with Gasteiger partial charge >= 0.3 is 0 Å². The Balaban J connectivity index is 2.12. The number of rotatable bonds is 7. The van der Waals surface area contributed by atoms with Gasteiger partial charge < -0.3 is 10.3 Å². The van der Waals surface area contributed by atoms with Gasteiger partial charge in [-0.15, -0.1) is 0 Å². The molecule has 110 valence electrons. The standard InChI is InChI=1S/C15H22N2O2S/c1-2-20(18,19)11-3-9-17-10-7-14-5-4-13(6-8-16)12-15(14)17/h4-5,7,10,12H,2-3,6,8-9,11,16H2,1H3. The molecule has 0 spiro atoms. The van der Waals surface area contributed by atoms with Gasteiger partial charge in [0, 0.05) is 24.0 Å². The van der Waals surface area contributed by atoms with Crippen LogP contribution in [0.4, 0.5) is 0 Å². The Kier molecular flexibility index (Phi) is 4.83. The molecule has 20 heavy (non-hydrogen) atoms. The maximum atomic E-state index is 11.5. The predicted molar refractivity (Wildman–Crippen MR) is 83.6 cm³/mol. The van der Waals surface area contributed by atoms with E-state index in [-0.39, 0.29) is 11.5 Å². The Hall–Kier alpha value is -1.33. The number of sulfone groups is 1. The van der Waals surface area contributed by atoms with Crippen LogP contribution in [0.3, 0.4) is 0 Å². The van der Waals surface area contributed by atoms with E-state index in [9.17, 15) is 8.42 Å². The zero-order valence-electron chi connectivity index (χ0n) is 11.9. The van der Waals surface area contributed by atoms with Gasteiger partial charge in [-0.25, -0.2) is 8.42 Å². The molecule has 0 aliphatic carbocycles. The molecule has 2 rings (SSSR count). The molecule has 1 aromatic carbocycles. The minimum Gasteiger partial charge on any atom is -0.347 e. The highest BCUT2D eigenvalue weighted by atomic mass is 32.2. The molecule has 0 amide bonds. The molecule has 2 N–H and O–H groups in total. The second kappa shape index (κ2) is 6.41. The summed E-state index contributed by atoms with van der Waals surface area (Å²) in [5, 5.41) is 1.18. The van der Waals surface area contributed by atoms with Gasteiger partial charge in [-0.2, -0.15) is 0 Å². The summed E-state index contributed by atoms with van der Waals surface area (Å²) in [7, 11) is -2.87. The molecule has 0 aliphatic heterocycles. The molecule has 2 aromatic rings. The second-order valence-corrected chi connectivity index (χ2v) is 7.50. The molecule has 0 fully saturated rings. The van der Waals surface area contributed by atoms with Crippen LogP contribution in [-0.2, 0) is 22.8 Å². The van der Waals surface area contributed by atoms with Gasteiger partial charge in [0.2, 0.25) is 0 Å². The Morgan fingerprint density at radius 3 is 2.75 bits per heavy atom. The van der Waals surface area contributed by atoms with E-state index in [1.807, 2.05) is 6.20 Å². The van der Waals surface area contributed by atoms with Crippen LogP contribution in [0.1, 0.15) is 18.9 Å². The molecule has 1 aromatic heterocycles. The molecular formula is C15H22N2O2S. The SMILES string of the molecule is CCS(=O)(=O)CCCn1ccc2ccc(CCN)cc21. The molecule has 1 heterocycles.